The van der Waals surface area contributed by atoms with Gasteiger partial charge in [-0.15, -0.1) is 0 Å². The van der Waals surface area contributed by atoms with E-state index in [1.54, 1.807) is 25.3 Å². The third-order valence-corrected chi connectivity index (χ3v) is 3.62. The highest BCUT2D eigenvalue weighted by Crippen LogP contribution is 2.32. The van der Waals surface area contributed by atoms with Crippen molar-refractivity contribution in [3.8, 4) is 17.2 Å². The number of carboxylic acid groups (broad SMARTS) is 1. The van der Waals surface area contributed by atoms with E-state index >= 15 is 0 Å². The monoisotopic (exact) mass is 342 g/mol. The highest BCUT2D eigenvalue weighted by Gasteiger charge is 2.10. The summed E-state index contributed by atoms with van der Waals surface area (Å²) in [5.74, 6) is 0.872. The number of ether oxygens (including phenoxy) is 3. The Morgan fingerprint density at radius 1 is 1.00 bits per heavy atom. The van der Waals surface area contributed by atoms with Crippen molar-refractivity contribution in [3.05, 3.63) is 59.2 Å². The van der Waals surface area contributed by atoms with Crippen LogP contribution in [-0.2, 0) is 4.79 Å². The van der Waals surface area contributed by atoms with E-state index in [4.69, 9.17) is 19.3 Å². The fourth-order valence-corrected chi connectivity index (χ4v) is 2.45. The molecule has 0 amide bonds. The van der Waals surface area contributed by atoms with Crippen molar-refractivity contribution in [2.45, 2.75) is 13.8 Å². The molecule has 2 aromatic carbocycles. The largest absolute Gasteiger partial charge is 0.493 e. The molecular weight excluding hydrogens is 320 g/mol. The molecule has 0 atom stereocenters. The Hall–Kier alpha value is -2.95. The van der Waals surface area contributed by atoms with Gasteiger partial charge in [0.1, 0.15) is 19.0 Å². The number of carboxylic acids is 1. The molecule has 0 aliphatic rings. The Morgan fingerprint density at radius 3 is 2.20 bits per heavy atom. The lowest BCUT2D eigenvalue weighted by Gasteiger charge is -2.15. The summed E-state index contributed by atoms with van der Waals surface area (Å²) in [6.07, 6.45) is 2.54. The molecule has 0 spiro atoms. The summed E-state index contributed by atoms with van der Waals surface area (Å²) in [7, 11) is 1.54. The maximum atomic E-state index is 10.7. The van der Waals surface area contributed by atoms with E-state index in [2.05, 4.69) is 0 Å². The second-order valence-electron chi connectivity index (χ2n) is 5.47. The molecule has 0 aliphatic carbocycles. The minimum absolute atomic E-state index is 0.308. The molecule has 0 heterocycles. The van der Waals surface area contributed by atoms with Crippen LogP contribution in [0.25, 0.3) is 6.08 Å². The minimum atomic E-state index is -1.02. The molecule has 5 nitrogen and oxygen atoms in total. The number of aliphatic carboxylic acids is 1. The first-order valence-electron chi connectivity index (χ1n) is 7.92. The number of aryl methyl sites for hydroxylation is 2. The van der Waals surface area contributed by atoms with Crippen molar-refractivity contribution in [3.63, 3.8) is 0 Å². The molecule has 1 N–H and O–H groups in total. The number of benzene rings is 2. The first-order chi connectivity index (χ1) is 12.0. The number of rotatable bonds is 8. The maximum absolute atomic E-state index is 10.7. The number of para-hydroxylation sites is 2. The molecule has 25 heavy (non-hydrogen) atoms. The summed E-state index contributed by atoms with van der Waals surface area (Å²) >= 11 is 0. The van der Waals surface area contributed by atoms with Crippen LogP contribution in [0.3, 0.4) is 0 Å². The zero-order valence-corrected chi connectivity index (χ0v) is 14.6. The molecule has 0 bridgehead atoms. The Bertz CT molecular complexity index is 744. The zero-order chi connectivity index (χ0) is 18.2. The van der Waals surface area contributed by atoms with Gasteiger partial charge in [-0.25, -0.2) is 4.79 Å². The minimum Gasteiger partial charge on any atom is -0.493 e. The van der Waals surface area contributed by atoms with Crippen molar-refractivity contribution in [2.75, 3.05) is 20.3 Å². The van der Waals surface area contributed by atoms with E-state index in [1.807, 2.05) is 32.0 Å². The lowest BCUT2D eigenvalue weighted by molar-refractivity contribution is -0.131. The van der Waals surface area contributed by atoms with Gasteiger partial charge in [0.05, 0.1) is 7.11 Å². The number of hydrogen-bond donors (Lipinski definition) is 1. The molecule has 2 rings (SSSR count). The lowest BCUT2D eigenvalue weighted by Crippen LogP contribution is -2.11. The van der Waals surface area contributed by atoms with Gasteiger partial charge in [-0.2, -0.15) is 0 Å². The van der Waals surface area contributed by atoms with Crippen molar-refractivity contribution in [2.24, 2.45) is 0 Å². The molecule has 0 fully saturated rings. The van der Waals surface area contributed by atoms with Crippen LogP contribution in [-0.4, -0.2) is 31.4 Å². The van der Waals surface area contributed by atoms with Crippen molar-refractivity contribution in [1.82, 2.24) is 0 Å². The molecular formula is C20H22O5. The fraction of sp³-hybridized carbons (Fsp3) is 0.250. The fourth-order valence-electron chi connectivity index (χ4n) is 2.45. The Kier molecular flexibility index (Phi) is 6.46. The van der Waals surface area contributed by atoms with E-state index in [0.29, 0.717) is 30.3 Å². The molecule has 0 aliphatic heterocycles. The topological polar surface area (TPSA) is 65.0 Å². The van der Waals surface area contributed by atoms with Crippen LogP contribution in [0.5, 0.6) is 17.2 Å². The van der Waals surface area contributed by atoms with Crippen LogP contribution in [0.2, 0.25) is 0 Å². The first-order valence-corrected chi connectivity index (χ1v) is 7.92. The van der Waals surface area contributed by atoms with Crippen LogP contribution in [0.15, 0.2) is 42.5 Å². The summed E-state index contributed by atoms with van der Waals surface area (Å²) in [4.78, 5) is 10.7. The quantitative estimate of drug-likeness (QED) is 0.583. The molecule has 5 heteroatoms. The van der Waals surface area contributed by atoms with Crippen LogP contribution < -0.4 is 14.2 Å². The van der Waals surface area contributed by atoms with Crippen LogP contribution >= 0.6 is 0 Å². The molecule has 132 valence electrons. The average molecular weight is 342 g/mol. The summed E-state index contributed by atoms with van der Waals surface area (Å²) in [5.41, 5.74) is 2.78. The van der Waals surface area contributed by atoms with Crippen LogP contribution in [0, 0.1) is 13.8 Å². The number of methoxy groups -OCH3 is 1. The lowest BCUT2D eigenvalue weighted by atomic mass is 10.1. The van der Waals surface area contributed by atoms with Gasteiger partial charge in [0.25, 0.3) is 0 Å². The number of carbonyl (C=O) groups is 1. The van der Waals surface area contributed by atoms with Gasteiger partial charge in [-0.1, -0.05) is 30.3 Å². The van der Waals surface area contributed by atoms with Crippen LogP contribution in [0.1, 0.15) is 16.7 Å². The summed E-state index contributed by atoms with van der Waals surface area (Å²) in [5, 5.41) is 8.81. The van der Waals surface area contributed by atoms with Gasteiger partial charge in [0, 0.05) is 11.6 Å². The molecule has 0 saturated heterocycles. The Labute approximate surface area is 147 Å². The predicted octanol–water partition coefficient (Wildman–Crippen LogP) is 3.87. The SMILES string of the molecule is COc1cccc(C=CC(=O)O)c1OCCOc1c(C)cccc1C. The predicted molar refractivity (Wildman–Crippen MR) is 96.6 cm³/mol. The van der Waals surface area contributed by atoms with E-state index in [1.165, 1.54) is 6.08 Å². The molecule has 2 aromatic rings. The highest BCUT2D eigenvalue weighted by atomic mass is 16.5. The number of hydrogen-bond acceptors (Lipinski definition) is 4. The van der Waals surface area contributed by atoms with Crippen LogP contribution in [0.4, 0.5) is 0 Å². The van der Waals surface area contributed by atoms with E-state index in [-0.39, 0.29) is 0 Å². The highest BCUT2D eigenvalue weighted by molar-refractivity contribution is 5.86. The zero-order valence-electron chi connectivity index (χ0n) is 14.6. The Morgan fingerprint density at radius 2 is 1.60 bits per heavy atom. The van der Waals surface area contributed by atoms with Crippen molar-refractivity contribution < 1.29 is 24.1 Å². The summed E-state index contributed by atoms with van der Waals surface area (Å²) < 4.78 is 16.9. The van der Waals surface area contributed by atoms with Gasteiger partial charge in [0.15, 0.2) is 11.5 Å². The standard InChI is InChI=1S/C20H22O5/c1-14-6-4-7-15(2)19(14)24-12-13-25-20-16(10-11-18(21)22)8-5-9-17(20)23-3/h4-11H,12-13H2,1-3H3,(H,21,22). The maximum Gasteiger partial charge on any atom is 0.328 e. The normalized spacial score (nSPS) is 10.7. The third kappa shape index (κ3) is 5.01. The second-order valence-corrected chi connectivity index (χ2v) is 5.47. The van der Waals surface area contributed by atoms with E-state index in [9.17, 15) is 4.79 Å². The molecule has 0 radical (unpaired) electrons. The third-order valence-electron chi connectivity index (χ3n) is 3.62. The Balaban J connectivity index is 2.06. The van der Waals surface area contributed by atoms with Crippen molar-refractivity contribution >= 4 is 12.0 Å². The van der Waals surface area contributed by atoms with E-state index < -0.39 is 5.97 Å². The summed E-state index contributed by atoms with van der Waals surface area (Å²) in [6.45, 7) is 4.67. The van der Waals surface area contributed by atoms with E-state index in [0.717, 1.165) is 23.0 Å². The second kappa shape index (κ2) is 8.78. The molecule has 0 unspecified atom stereocenters. The van der Waals surface area contributed by atoms with Gasteiger partial charge >= 0.3 is 5.97 Å². The van der Waals surface area contributed by atoms with Gasteiger partial charge in [-0.3, -0.25) is 0 Å². The average Bonchev–Trinajstić information content (AvgIpc) is 2.59. The smallest absolute Gasteiger partial charge is 0.328 e. The van der Waals surface area contributed by atoms with Crippen molar-refractivity contribution in [1.29, 1.82) is 0 Å². The molecule has 0 saturated carbocycles. The van der Waals surface area contributed by atoms with Gasteiger partial charge in [0.2, 0.25) is 0 Å². The molecule has 0 aromatic heterocycles. The van der Waals surface area contributed by atoms with Gasteiger partial charge < -0.3 is 19.3 Å². The van der Waals surface area contributed by atoms with Gasteiger partial charge in [-0.05, 0) is 37.1 Å². The summed E-state index contributed by atoms with van der Waals surface area (Å²) in [6, 6.07) is 11.3. The first kappa shape index (κ1) is 18.4.